The molecule has 0 bridgehead atoms. The van der Waals surface area contributed by atoms with Crippen molar-refractivity contribution in [3.63, 3.8) is 0 Å². The third-order valence-electron chi connectivity index (χ3n) is 4.57. The van der Waals surface area contributed by atoms with Gasteiger partial charge < -0.3 is 15.2 Å². The van der Waals surface area contributed by atoms with E-state index in [1.54, 1.807) is 11.3 Å². The van der Waals surface area contributed by atoms with Crippen molar-refractivity contribution in [2.24, 2.45) is 5.41 Å². The highest BCUT2D eigenvalue weighted by molar-refractivity contribution is 7.11. The van der Waals surface area contributed by atoms with Crippen molar-refractivity contribution in [2.75, 3.05) is 19.8 Å². The van der Waals surface area contributed by atoms with Crippen LogP contribution in [0.2, 0.25) is 0 Å². The molecule has 1 aliphatic rings. The predicted molar refractivity (Wildman–Crippen MR) is 90.2 cm³/mol. The van der Waals surface area contributed by atoms with Crippen LogP contribution in [0.5, 0.6) is 0 Å². The highest BCUT2D eigenvalue weighted by Gasteiger charge is 2.40. The van der Waals surface area contributed by atoms with Gasteiger partial charge in [0.05, 0.1) is 13.2 Å². The van der Waals surface area contributed by atoms with Crippen molar-refractivity contribution in [3.8, 4) is 0 Å². The second-order valence-corrected chi connectivity index (χ2v) is 7.34. The summed E-state index contributed by atoms with van der Waals surface area (Å²) in [6, 6.07) is 10.4. The maximum Gasteiger partial charge on any atom is 0.131 e. The van der Waals surface area contributed by atoms with Gasteiger partial charge in [-0.3, -0.25) is 0 Å². The van der Waals surface area contributed by atoms with Crippen molar-refractivity contribution in [1.29, 1.82) is 0 Å². The van der Waals surface area contributed by atoms with Crippen molar-refractivity contribution < 1.29 is 9.84 Å². The second kappa shape index (κ2) is 7.49. The average molecular weight is 333 g/mol. The number of benzene rings is 1. The number of hydrogen-bond donors (Lipinski definition) is 2. The van der Waals surface area contributed by atoms with E-state index in [2.05, 4.69) is 27.6 Å². The molecule has 124 valence electrons. The van der Waals surface area contributed by atoms with Crippen LogP contribution in [0, 0.1) is 12.3 Å². The van der Waals surface area contributed by atoms with Gasteiger partial charge >= 0.3 is 0 Å². The van der Waals surface area contributed by atoms with Crippen LogP contribution in [0.3, 0.4) is 0 Å². The SMILES string of the molecule is Cc1nnc(CNC(c2ccccc2)C2(CO)CCOCC2)s1. The topological polar surface area (TPSA) is 67.3 Å². The zero-order valence-electron chi connectivity index (χ0n) is 13.4. The standard InChI is InChI=1S/C17H23N3O2S/c1-13-19-20-15(23-13)11-18-16(14-5-3-2-4-6-14)17(12-21)7-9-22-10-8-17/h2-6,16,18,21H,7-12H2,1H3. The molecule has 1 aromatic carbocycles. The molecule has 2 aromatic rings. The molecule has 1 fully saturated rings. The molecule has 2 heterocycles. The van der Waals surface area contributed by atoms with Gasteiger partial charge in [0, 0.05) is 24.7 Å². The maximum absolute atomic E-state index is 10.2. The molecule has 3 rings (SSSR count). The number of aliphatic hydroxyl groups excluding tert-OH is 1. The lowest BCUT2D eigenvalue weighted by atomic mass is 9.72. The minimum atomic E-state index is -0.195. The van der Waals surface area contributed by atoms with Crippen LogP contribution in [-0.4, -0.2) is 35.1 Å². The molecule has 0 aliphatic carbocycles. The Morgan fingerprint density at radius 3 is 2.61 bits per heavy atom. The van der Waals surface area contributed by atoms with Gasteiger partial charge in [0.2, 0.25) is 0 Å². The Morgan fingerprint density at radius 2 is 2.00 bits per heavy atom. The number of rotatable bonds is 6. The smallest absolute Gasteiger partial charge is 0.131 e. The molecule has 0 radical (unpaired) electrons. The lowest BCUT2D eigenvalue weighted by molar-refractivity contribution is -0.0387. The van der Waals surface area contributed by atoms with E-state index in [9.17, 15) is 5.11 Å². The molecule has 1 atom stereocenters. The number of aryl methyl sites for hydroxylation is 1. The highest BCUT2D eigenvalue weighted by Crippen LogP contribution is 2.42. The first kappa shape index (κ1) is 16.5. The number of ether oxygens (including phenoxy) is 1. The van der Waals surface area contributed by atoms with Gasteiger partial charge in [-0.15, -0.1) is 21.5 Å². The van der Waals surface area contributed by atoms with E-state index < -0.39 is 0 Å². The molecular weight excluding hydrogens is 310 g/mol. The molecule has 6 heteroatoms. The van der Waals surface area contributed by atoms with Gasteiger partial charge in [-0.1, -0.05) is 30.3 Å². The van der Waals surface area contributed by atoms with Crippen LogP contribution in [0.25, 0.3) is 0 Å². The maximum atomic E-state index is 10.2. The molecule has 0 amide bonds. The normalized spacial score (nSPS) is 18.7. The number of hydrogen-bond acceptors (Lipinski definition) is 6. The average Bonchev–Trinajstić information content (AvgIpc) is 3.02. The summed E-state index contributed by atoms with van der Waals surface area (Å²) in [7, 11) is 0. The van der Waals surface area contributed by atoms with Crippen LogP contribution >= 0.6 is 11.3 Å². The summed E-state index contributed by atoms with van der Waals surface area (Å²) >= 11 is 1.61. The van der Waals surface area contributed by atoms with Crippen LogP contribution in [0.4, 0.5) is 0 Å². The van der Waals surface area contributed by atoms with Crippen LogP contribution in [-0.2, 0) is 11.3 Å². The molecule has 23 heavy (non-hydrogen) atoms. The lowest BCUT2D eigenvalue weighted by Gasteiger charge is -2.42. The second-order valence-electron chi connectivity index (χ2n) is 6.07. The fourth-order valence-electron chi connectivity index (χ4n) is 3.25. The molecule has 2 N–H and O–H groups in total. The Labute approximate surface area is 140 Å². The number of aliphatic hydroxyl groups is 1. The minimum absolute atomic E-state index is 0.0711. The van der Waals surface area contributed by atoms with E-state index in [4.69, 9.17) is 4.74 Å². The third-order valence-corrected chi connectivity index (χ3v) is 5.41. The quantitative estimate of drug-likeness (QED) is 0.850. The first-order valence-electron chi connectivity index (χ1n) is 7.99. The number of nitrogens with zero attached hydrogens (tertiary/aromatic N) is 2. The molecule has 0 saturated carbocycles. The van der Waals surface area contributed by atoms with E-state index in [1.165, 1.54) is 5.56 Å². The summed E-state index contributed by atoms with van der Waals surface area (Å²) in [6.45, 7) is 4.17. The van der Waals surface area contributed by atoms with Crippen LogP contribution < -0.4 is 5.32 Å². The van der Waals surface area contributed by atoms with E-state index in [1.807, 2.05) is 25.1 Å². The minimum Gasteiger partial charge on any atom is -0.396 e. The van der Waals surface area contributed by atoms with Gasteiger partial charge in [-0.05, 0) is 25.3 Å². The van der Waals surface area contributed by atoms with E-state index in [0.29, 0.717) is 19.8 Å². The van der Waals surface area contributed by atoms with Crippen molar-refractivity contribution in [3.05, 3.63) is 45.9 Å². The van der Waals surface area contributed by atoms with E-state index in [-0.39, 0.29) is 18.1 Å². The van der Waals surface area contributed by atoms with Crippen LogP contribution in [0.1, 0.15) is 34.5 Å². The zero-order chi connectivity index (χ0) is 16.1. The first-order valence-corrected chi connectivity index (χ1v) is 8.81. The van der Waals surface area contributed by atoms with Crippen molar-refractivity contribution >= 4 is 11.3 Å². The van der Waals surface area contributed by atoms with Gasteiger partial charge in [-0.25, -0.2) is 0 Å². The third kappa shape index (κ3) is 3.77. The van der Waals surface area contributed by atoms with Gasteiger partial charge in [-0.2, -0.15) is 0 Å². The molecule has 1 aliphatic heterocycles. The zero-order valence-corrected chi connectivity index (χ0v) is 14.2. The molecule has 1 aromatic heterocycles. The molecule has 5 nitrogen and oxygen atoms in total. The Bertz CT molecular complexity index is 611. The lowest BCUT2D eigenvalue weighted by Crippen LogP contribution is -2.44. The predicted octanol–water partition coefficient (Wildman–Crippen LogP) is 2.47. The van der Waals surface area contributed by atoms with E-state index in [0.717, 1.165) is 22.9 Å². The molecule has 1 unspecified atom stereocenters. The summed E-state index contributed by atoms with van der Waals surface area (Å²) in [6.07, 6.45) is 1.70. The van der Waals surface area contributed by atoms with Gasteiger partial charge in [0.15, 0.2) is 0 Å². The van der Waals surface area contributed by atoms with Crippen LogP contribution in [0.15, 0.2) is 30.3 Å². The number of aromatic nitrogens is 2. The summed E-state index contributed by atoms with van der Waals surface area (Å²) < 4.78 is 5.52. The summed E-state index contributed by atoms with van der Waals surface area (Å²) in [5, 5.41) is 24.0. The monoisotopic (exact) mass is 333 g/mol. The summed E-state index contributed by atoms with van der Waals surface area (Å²) in [4.78, 5) is 0. The Morgan fingerprint density at radius 1 is 1.26 bits per heavy atom. The largest absolute Gasteiger partial charge is 0.396 e. The summed E-state index contributed by atoms with van der Waals surface area (Å²) in [5.74, 6) is 0. The fourth-order valence-corrected chi connectivity index (χ4v) is 3.91. The Kier molecular flexibility index (Phi) is 5.38. The Balaban J connectivity index is 1.84. The molecule has 1 saturated heterocycles. The molecular formula is C17H23N3O2S. The highest BCUT2D eigenvalue weighted by atomic mass is 32.1. The van der Waals surface area contributed by atoms with Crippen molar-refractivity contribution in [2.45, 2.75) is 32.4 Å². The molecule has 0 spiro atoms. The summed E-state index contributed by atoms with van der Waals surface area (Å²) in [5.41, 5.74) is 1.00. The van der Waals surface area contributed by atoms with Crippen molar-refractivity contribution in [1.82, 2.24) is 15.5 Å². The Hall–Kier alpha value is -1.34. The van der Waals surface area contributed by atoms with Gasteiger partial charge in [0.1, 0.15) is 10.0 Å². The number of nitrogens with one attached hydrogen (secondary N) is 1. The fraction of sp³-hybridized carbons (Fsp3) is 0.529. The van der Waals surface area contributed by atoms with Gasteiger partial charge in [0.25, 0.3) is 0 Å². The first-order chi connectivity index (χ1) is 11.2. The van der Waals surface area contributed by atoms with E-state index >= 15 is 0 Å².